The molecule has 7 heteroatoms. The molecule has 1 atom stereocenters. The molecule has 0 aliphatic heterocycles. The molecule has 1 unspecified atom stereocenters. The fourth-order valence-electron chi connectivity index (χ4n) is 1.47. The van der Waals surface area contributed by atoms with Gasteiger partial charge < -0.3 is 20.4 Å². The molecule has 20 heavy (non-hydrogen) atoms. The van der Waals surface area contributed by atoms with Gasteiger partial charge >= 0.3 is 0 Å². The van der Waals surface area contributed by atoms with Crippen LogP contribution in [0.1, 0.15) is 30.8 Å². The zero-order valence-electron chi connectivity index (χ0n) is 11.8. The summed E-state index contributed by atoms with van der Waals surface area (Å²) in [5.41, 5.74) is 0. The van der Waals surface area contributed by atoms with E-state index in [2.05, 4.69) is 22.9 Å². The smallest absolute Gasteiger partial charge is 0.287 e. The molecule has 2 amide bonds. The van der Waals surface area contributed by atoms with Gasteiger partial charge in [0, 0.05) is 13.1 Å². The van der Waals surface area contributed by atoms with Gasteiger partial charge in [0.05, 0.1) is 6.26 Å². The van der Waals surface area contributed by atoms with Gasteiger partial charge in [-0.1, -0.05) is 6.92 Å². The molecule has 114 valence electrons. The van der Waals surface area contributed by atoms with Gasteiger partial charge in [0.15, 0.2) is 5.76 Å². The van der Waals surface area contributed by atoms with E-state index in [0.29, 0.717) is 6.54 Å². The Morgan fingerprint density at radius 2 is 2.05 bits per heavy atom. The summed E-state index contributed by atoms with van der Waals surface area (Å²) in [6.07, 6.45) is 2.47. The second-order valence-electron chi connectivity index (χ2n) is 4.21. The third-order valence-corrected chi connectivity index (χ3v) is 2.51. The van der Waals surface area contributed by atoms with Gasteiger partial charge in [-0.15, -0.1) is 12.4 Å². The number of rotatable bonds is 8. The molecule has 3 N–H and O–H groups in total. The molecule has 0 aliphatic carbocycles. The van der Waals surface area contributed by atoms with E-state index in [1.54, 1.807) is 19.1 Å². The molecule has 0 aliphatic rings. The van der Waals surface area contributed by atoms with E-state index in [9.17, 15) is 9.59 Å². The Morgan fingerprint density at radius 3 is 2.65 bits per heavy atom. The van der Waals surface area contributed by atoms with E-state index >= 15 is 0 Å². The number of hydrogen-bond donors (Lipinski definition) is 3. The van der Waals surface area contributed by atoms with Crippen LogP contribution in [0.15, 0.2) is 22.8 Å². The van der Waals surface area contributed by atoms with Crippen LogP contribution in [0.2, 0.25) is 0 Å². The van der Waals surface area contributed by atoms with Crippen molar-refractivity contribution < 1.29 is 14.0 Å². The monoisotopic (exact) mass is 303 g/mol. The first-order valence-corrected chi connectivity index (χ1v) is 6.48. The lowest BCUT2D eigenvalue weighted by Crippen LogP contribution is -2.46. The molecule has 0 saturated heterocycles. The van der Waals surface area contributed by atoms with Crippen LogP contribution in [0.5, 0.6) is 0 Å². The van der Waals surface area contributed by atoms with E-state index in [0.717, 1.165) is 19.5 Å². The number of halogens is 1. The molecular formula is C13H22ClN3O3. The summed E-state index contributed by atoms with van der Waals surface area (Å²) < 4.78 is 4.95. The Labute approximate surface area is 125 Å². The molecule has 0 aromatic carbocycles. The van der Waals surface area contributed by atoms with Gasteiger partial charge in [0.25, 0.3) is 5.91 Å². The number of furan rings is 1. The van der Waals surface area contributed by atoms with Crippen molar-refractivity contribution in [1.82, 2.24) is 16.0 Å². The predicted octanol–water partition coefficient (Wildman–Crippen LogP) is 0.935. The fourth-order valence-corrected chi connectivity index (χ4v) is 1.47. The molecule has 1 heterocycles. The van der Waals surface area contributed by atoms with Crippen LogP contribution in [0.3, 0.4) is 0 Å². The van der Waals surface area contributed by atoms with Gasteiger partial charge in [-0.25, -0.2) is 0 Å². The molecule has 0 fully saturated rings. The standard InChI is InChI=1S/C13H21N3O3.ClH/c1-3-6-14-7-8-15-12(17)10(2)16-13(18)11-5-4-9-19-11;/h4-5,9-10,14H,3,6-8H2,1-2H3,(H,15,17)(H,16,18);1H. The quantitative estimate of drug-likeness (QED) is 0.624. The summed E-state index contributed by atoms with van der Waals surface area (Å²) in [4.78, 5) is 23.3. The zero-order chi connectivity index (χ0) is 14.1. The van der Waals surface area contributed by atoms with Gasteiger partial charge in [0.1, 0.15) is 6.04 Å². The van der Waals surface area contributed by atoms with Crippen LogP contribution < -0.4 is 16.0 Å². The fraction of sp³-hybridized carbons (Fsp3) is 0.538. The minimum absolute atomic E-state index is 0. The molecule has 1 aromatic rings. The van der Waals surface area contributed by atoms with E-state index in [1.807, 2.05) is 0 Å². The van der Waals surface area contributed by atoms with Crippen LogP contribution in [-0.4, -0.2) is 37.5 Å². The highest BCUT2D eigenvalue weighted by Crippen LogP contribution is 1.99. The van der Waals surface area contributed by atoms with Crippen molar-refractivity contribution in [2.45, 2.75) is 26.3 Å². The summed E-state index contributed by atoms with van der Waals surface area (Å²) in [6.45, 7) is 5.91. The minimum Gasteiger partial charge on any atom is -0.459 e. The SMILES string of the molecule is CCCNCCNC(=O)C(C)NC(=O)c1ccco1.Cl. The lowest BCUT2D eigenvalue weighted by molar-refractivity contribution is -0.122. The van der Waals surface area contributed by atoms with Crippen LogP contribution in [-0.2, 0) is 4.79 Å². The van der Waals surface area contributed by atoms with Crippen molar-refractivity contribution in [3.8, 4) is 0 Å². The van der Waals surface area contributed by atoms with Crippen LogP contribution in [0, 0.1) is 0 Å². The topological polar surface area (TPSA) is 83.4 Å². The number of carbonyl (C=O) groups excluding carboxylic acids is 2. The Balaban J connectivity index is 0.00000361. The molecule has 1 aromatic heterocycles. The summed E-state index contributed by atoms with van der Waals surface area (Å²) in [6, 6.07) is 2.58. The molecular weight excluding hydrogens is 282 g/mol. The lowest BCUT2D eigenvalue weighted by atomic mass is 10.3. The van der Waals surface area contributed by atoms with E-state index < -0.39 is 11.9 Å². The summed E-state index contributed by atoms with van der Waals surface area (Å²) in [7, 11) is 0. The first-order chi connectivity index (χ1) is 9.15. The Hall–Kier alpha value is -1.53. The number of hydrogen-bond acceptors (Lipinski definition) is 4. The molecule has 0 saturated carbocycles. The average Bonchev–Trinajstić information content (AvgIpc) is 2.92. The maximum Gasteiger partial charge on any atom is 0.287 e. The Bertz CT molecular complexity index is 396. The first-order valence-electron chi connectivity index (χ1n) is 6.48. The van der Waals surface area contributed by atoms with Crippen LogP contribution in [0.4, 0.5) is 0 Å². The summed E-state index contributed by atoms with van der Waals surface area (Å²) >= 11 is 0. The highest BCUT2D eigenvalue weighted by Gasteiger charge is 2.17. The lowest BCUT2D eigenvalue weighted by Gasteiger charge is -2.13. The van der Waals surface area contributed by atoms with Gasteiger partial charge in [0.2, 0.25) is 5.91 Å². The van der Waals surface area contributed by atoms with Crippen LogP contribution in [0.25, 0.3) is 0 Å². The van der Waals surface area contributed by atoms with Crippen molar-refractivity contribution in [3.63, 3.8) is 0 Å². The molecule has 6 nitrogen and oxygen atoms in total. The molecule has 0 radical (unpaired) electrons. The third-order valence-electron chi connectivity index (χ3n) is 2.51. The number of nitrogens with one attached hydrogen (secondary N) is 3. The highest BCUT2D eigenvalue weighted by molar-refractivity contribution is 5.95. The van der Waals surface area contributed by atoms with Gasteiger partial charge in [-0.3, -0.25) is 9.59 Å². The van der Waals surface area contributed by atoms with Gasteiger partial charge in [-0.05, 0) is 32.0 Å². The van der Waals surface area contributed by atoms with Crippen molar-refractivity contribution in [1.29, 1.82) is 0 Å². The second-order valence-corrected chi connectivity index (χ2v) is 4.21. The Kier molecular flexibility index (Phi) is 9.49. The minimum atomic E-state index is -0.594. The maximum atomic E-state index is 11.7. The van der Waals surface area contributed by atoms with Crippen molar-refractivity contribution >= 4 is 24.2 Å². The van der Waals surface area contributed by atoms with E-state index in [-0.39, 0.29) is 24.1 Å². The second kappa shape index (κ2) is 10.3. The largest absolute Gasteiger partial charge is 0.459 e. The maximum absolute atomic E-state index is 11.7. The van der Waals surface area contributed by atoms with Gasteiger partial charge in [-0.2, -0.15) is 0 Å². The van der Waals surface area contributed by atoms with E-state index in [1.165, 1.54) is 6.26 Å². The number of amides is 2. The van der Waals surface area contributed by atoms with Crippen molar-refractivity contribution in [3.05, 3.63) is 24.2 Å². The number of carbonyl (C=O) groups is 2. The molecule has 0 spiro atoms. The average molecular weight is 304 g/mol. The Morgan fingerprint density at radius 1 is 1.30 bits per heavy atom. The molecule has 0 bridgehead atoms. The van der Waals surface area contributed by atoms with Crippen LogP contribution >= 0.6 is 12.4 Å². The predicted molar refractivity (Wildman–Crippen MR) is 79.1 cm³/mol. The summed E-state index contributed by atoms with van der Waals surface area (Å²) in [5, 5.41) is 8.49. The third kappa shape index (κ3) is 6.58. The van der Waals surface area contributed by atoms with E-state index in [4.69, 9.17) is 4.42 Å². The first kappa shape index (κ1) is 18.5. The normalized spacial score (nSPS) is 11.3. The van der Waals surface area contributed by atoms with Crippen molar-refractivity contribution in [2.24, 2.45) is 0 Å². The van der Waals surface area contributed by atoms with Crippen molar-refractivity contribution in [2.75, 3.05) is 19.6 Å². The highest BCUT2D eigenvalue weighted by atomic mass is 35.5. The molecule has 1 rings (SSSR count). The zero-order valence-corrected chi connectivity index (χ0v) is 12.6. The summed E-state index contributed by atoms with van der Waals surface area (Å²) in [5.74, 6) is -0.403.